The van der Waals surface area contributed by atoms with Crippen LogP contribution in [0.15, 0.2) is 46.4 Å². The van der Waals surface area contributed by atoms with E-state index in [2.05, 4.69) is 19.1 Å². The summed E-state index contributed by atoms with van der Waals surface area (Å²) in [7, 11) is 1.77. The summed E-state index contributed by atoms with van der Waals surface area (Å²) in [6.07, 6.45) is 4.96. The number of rotatable bonds is 5. The van der Waals surface area contributed by atoms with E-state index in [-0.39, 0.29) is 17.6 Å². The zero-order chi connectivity index (χ0) is 22.9. The monoisotopic (exact) mass is 432 g/mol. The van der Waals surface area contributed by atoms with Gasteiger partial charge in [-0.05, 0) is 73.9 Å². The van der Waals surface area contributed by atoms with Gasteiger partial charge in [-0.3, -0.25) is 4.99 Å². The van der Waals surface area contributed by atoms with Gasteiger partial charge < -0.3 is 10.5 Å². The van der Waals surface area contributed by atoms with Crippen LogP contribution in [0.1, 0.15) is 56.2 Å². The Morgan fingerprint density at radius 3 is 2.41 bits per heavy atom. The van der Waals surface area contributed by atoms with Crippen molar-refractivity contribution in [2.75, 3.05) is 7.11 Å². The van der Waals surface area contributed by atoms with Gasteiger partial charge in [0.15, 0.2) is 5.66 Å². The van der Waals surface area contributed by atoms with Gasteiger partial charge in [0, 0.05) is 18.6 Å². The van der Waals surface area contributed by atoms with E-state index in [1.165, 1.54) is 11.6 Å². The molecule has 5 nitrogen and oxygen atoms in total. The molecule has 2 aromatic carbocycles. The minimum Gasteiger partial charge on any atom is -0.382 e. The number of nitrogens with two attached hydrogens (primary N) is 1. The second kappa shape index (κ2) is 8.84. The largest absolute Gasteiger partial charge is 0.382 e. The number of amidine groups is 1. The molecule has 32 heavy (non-hydrogen) atoms. The van der Waals surface area contributed by atoms with Gasteiger partial charge in [0.25, 0.3) is 0 Å². The van der Waals surface area contributed by atoms with E-state index < -0.39 is 11.5 Å². The Hall–Kier alpha value is -3.04. The highest BCUT2D eigenvalue weighted by Crippen LogP contribution is 2.48. The van der Waals surface area contributed by atoms with Crippen LogP contribution in [0.5, 0.6) is 0 Å². The quantitative estimate of drug-likeness (QED) is 0.712. The zero-order valence-corrected chi connectivity index (χ0v) is 18.9. The van der Waals surface area contributed by atoms with Crippen LogP contribution >= 0.6 is 0 Å². The van der Waals surface area contributed by atoms with E-state index in [0.29, 0.717) is 5.84 Å². The number of nitrogens with zero attached hydrogens (tertiary/aromatic N) is 3. The third kappa shape index (κ3) is 3.82. The van der Waals surface area contributed by atoms with Gasteiger partial charge in [-0.2, -0.15) is 5.26 Å². The Bertz CT molecular complexity index is 1110. The topological polar surface area (TPSA) is 83.8 Å². The standard InChI is InChI=1S/C26H29FN4O/c1-4-17-5-6-19(18-7-12-24(27)20(13-18)15-28)14-23(17)26(30-16(2)25(29)31-26)21-8-10-22(32-3)11-9-21/h5-7,12-14,21-22H,4,8-11H2,1-3H3,(H2,29,31). The average molecular weight is 433 g/mol. The van der Waals surface area contributed by atoms with Crippen LogP contribution in [0.3, 0.4) is 0 Å². The number of hydrogen-bond donors (Lipinski definition) is 1. The molecule has 1 aliphatic carbocycles. The molecule has 4 rings (SSSR count). The molecule has 0 saturated heterocycles. The van der Waals surface area contributed by atoms with Crippen LogP contribution < -0.4 is 5.73 Å². The molecule has 2 aromatic rings. The lowest BCUT2D eigenvalue weighted by atomic mass is 9.74. The predicted octanol–water partition coefficient (Wildman–Crippen LogP) is 5.12. The lowest BCUT2D eigenvalue weighted by Gasteiger charge is -2.38. The fraction of sp³-hybridized carbons (Fsp3) is 0.423. The van der Waals surface area contributed by atoms with Crippen molar-refractivity contribution in [3.05, 3.63) is 58.9 Å². The normalized spacial score (nSPS) is 25.2. The summed E-state index contributed by atoms with van der Waals surface area (Å²) >= 11 is 0. The second-order valence-electron chi connectivity index (χ2n) is 8.66. The highest BCUT2D eigenvalue weighted by molar-refractivity contribution is 6.41. The minimum absolute atomic E-state index is 0.0354. The molecule has 0 aromatic heterocycles. The molecule has 2 N–H and O–H groups in total. The fourth-order valence-corrected chi connectivity index (χ4v) is 5.02. The van der Waals surface area contributed by atoms with E-state index in [0.717, 1.165) is 54.5 Å². The van der Waals surface area contributed by atoms with Crippen molar-refractivity contribution in [3.8, 4) is 17.2 Å². The maximum atomic E-state index is 13.9. The van der Waals surface area contributed by atoms with Gasteiger partial charge in [-0.15, -0.1) is 0 Å². The molecular weight excluding hydrogens is 403 g/mol. The highest BCUT2D eigenvalue weighted by Gasteiger charge is 2.46. The number of aryl methyl sites for hydroxylation is 1. The molecule has 0 spiro atoms. The summed E-state index contributed by atoms with van der Waals surface area (Å²) in [5.74, 6) is 0.189. The maximum absolute atomic E-state index is 13.9. The van der Waals surface area contributed by atoms with Crippen LogP contribution in [0.4, 0.5) is 4.39 Å². The van der Waals surface area contributed by atoms with Gasteiger partial charge in [0.2, 0.25) is 0 Å². The first-order valence-corrected chi connectivity index (χ1v) is 11.2. The molecular formula is C26H29FN4O. The van der Waals surface area contributed by atoms with E-state index in [4.69, 9.17) is 20.5 Å². The molecule has 166 valence electrons. The van der Waals surface area contributed by atoms with Crippen LogP contribution in [-0.2, 0) is 16.8 Å². The van der Waals surface area contributed by atoms with Crippen molar-refractivity contribution in [1.82, 2.24) is 0 Å². The van der Waals surface area contributed by atoms with E-state index in [9.17, 15) is 9.65 Å². The molecule has 1 unspecified atom stereocenters. The van der Waals surface area contributed by atoms with Crippen molar-refractivity contribution in [3.63, 3.8) is 0 Å². The number of benzene rings is 2. The number of ether oxygens (including phenoxy) is 1. The fourth-order valence-electron chi connectivity index (χ4n) is 5.02. The predicted molar refractivity (Wildman–Crippen MR) is 125 cm³/mol. The molecule has 0 radical (unpaired) electrons. The van der Waals surface area contributed by atoms with Gasteiger partial charge in [-0.1, -0.05) is 25.1 Å². The minimum atomic E-state index is -0.758. The molecule has 1 aliphatic heterocycles. The summed E-state index contributed by atoms with van der Waals surface area (Å²) in [5, 5.41) is 9.26. The number of methoxy groups -OCH3 is 1. The van der Waals surface area contributed by atoms with E-state index in [1.54, 1.807) is 19.2 Å². The lowest BCUT2D eigenvalue weighted by Crippen LogP contribution is -2.36. The lowest BCUT2D eigenvalue weighted by molar-refractivity contribution is 0.0425. The second-order valence-corrected chi connectivity index (χ2v) is 8.66. The van der Waals surface area contributed by atoms with Gasteiger partial charge in [0.1, 0.15) is 17.7 Å². The Kier molecular flexibility index (Phi) is 6.12. The zero-order valence-electron chi connectivity index (χ0n) is 18.9. The first kappa shape index (κ1) is 22.2. The highest BCUT2D eigenvalue weighted by atomic mass is 19.1. The third-order valence-electron chi connectivity index (χ3n) is 6.88. The summed E-state index contributed by atoms with van der Waals surface area (Å²) in [5.41, 5.74) is 10.2. The number of hydrogen-bond acceptors (Lipinski definition) is 5. The smallest absolute Gasteiger partial charge is 0.181 e. The summed E-state index contributed by atoms with van der Waals surface area (Å²) < 4.78 is 19.5. The van der Waals surface area contributed by atoms with Crippen LogP contribution in [-0.4, -0.2) is 24.8 Å². The SMILES string of the molecule is CCc1ccc(-c2ccc(F)c(C#N)c2)cc1C1(C2CCC(OC)CC2)N=C(C)C(N)=N1. The molecule has 1 heterocycles. The molecule has 2 aliphatic rings. The van der Waals surface area contributed by atoms with Crippen LogP contribution in [0.25, 0.3) is 11.1 Å². The van der Waals surface area contributed by atoms with E-state index in [1.807, 2.05) is 19.1 Å². The van der Waals surface area contributed by atoms with Gasteiger partial charge in [-0.25, -0.2) is 9.38 Å². The van der Waals surface area contributed by atoms with Crippen molar-refractivity contribution >= 4 is 11.5 Å². The molecule has 6 heteroatoms. The van der Waals surface area contributed by atoms with Crippen molar-refractivity contribution in [2.45, 2.75) is 57.7 Å². The van der Waals surface area contributed by atoms with Gasteiger partial charge in [0.05, 0.1) is 17.4 Å². The summed E-state index contributed by atoms with van der Waals surface area (Å²) in [6.45, 7) is 4.04. The maximum Gasteiger partial charge on any atom is 0.181 e. The molecule has 0 amide bonds. The first-order valence-electron chi connectivity index (χ1n) is 11.2. The Morgan fingerprint density at radius 1 is 1.12 bits per heavy atom. The number of halogens is 1. The number of aliphatic imine (C=N–C) groups is 2. The van der Waals surface area contributed by atoms with Crippen molar-refractivity contribution < 1.29 is 9.13 Å². The van der Waals surface area contributed by atoms with Gasteiger partial charge >= 0.3 is 0 Å². The first-order chi connectivity index (χ1) is 15.4. The Balaban J connectivity index is 1.85. The average Bonchev–Trinajstić information content (AvgIpc) is 3.14. The van der Waals surface area contributed by atoms with Crippen LogP contribution in [0, 0.1) is 23.1 Å². The third-order valence-corrected chi connectivity index (χ3v) is 6.88. The summed E-state index contributed by atoms with van der Waals surface area (Å²) in [6, 6.07) is 12.8. The van der Waals surface area contributed by atoms with E-state index >= 15 is 0 Å². The van der Waals surface area contributed by atoms with Crippen molar-refractivity contribution in [2.24, 2.45) is 21.6 Å². The Labute approximate surface area is 188 Å². The van der Waals surface area contributed by atoms with Crippen molar-refractivity contribution in [1.29, 1.82) is 5.26 Å². The molecule has 1 atom stereocenters. The molecule has 1 saturated carbocycles. The summed E-state index contributed by atoms with van der Waals surface area (Å²) in [4.78, 5) is 10.0. The number of nitriles is 1. The molecule has 1 fully saturated rings. The van der Waals surface area contributed by atoms with Crippen LogP contribution in [0.2, 0.25) is 0 Å². The molecule has 0 bridgehead atoms. The Morgan fingerprint density at radius 2 is 1.81 bits per heavy atom.